The second-order valence-corrected chi connectivity index (χ2v) is 101. The zero-order valence-corrected chi connectivity index (χ0v) is 52.6. The highest BCUT2D eigenvalue weighted by Crippen LogP contribution is 2.84. The van der Waals surface area contributed by atoms with Gasteiger partial charge in [0.25, 0.3) is 0 Å². The molecule has 2 saturated carbocycles. The molecule has 0 unspecified atom stereocenters. The minimum Gasteiger partial charge on any atom is -0.300 e. The Morgan fingerprint density at radius 2 is 0.508 bits per heavy atom. The summed E-state index contributed by atoms with van der Waals surface area (Å²) in [4.78, 5) is 18.1. The van der Waals surface area contributed by atoms with E-state index in [-0.39, 0.29) is 40.3 Å². The van der Waals surface area contributed by atoms with Gasteiger partial charge in [-0.05, 0) is 75.9 Å². The molecule has 0 aromatic heterocycles. The van der Waals surface area contributed by atoms with Crippen LogP contribution in [0.1, 0.15) is 230 Å². The summed E-state index contributed by atoms with van der Waals surface area (Å²) in [7, 11) is -14.7. The van der Waals surface area contributed by atoms with Gasteiger partial charge in [-0.3, -0.25) is 0 Å². The van der Waals surface area contributed by atoms with Crippen molar-refractivity contribution in [1.29, 1.82) is 0 Å². The molecule has 3 heterocycles. The van der Waals surface area contributed by atoms with Crippen LogP contribution in [-0.4, -0.2) is 72.7 Å². The van der Waals surface area contributed by atoms with E-state index in [4.69, 9.17) is 9.98 Å². The monoisotopic (exact) mass is 931 g/mol. The Hall–Kier alpha value is 0.858. The van der Waals surface area contributed by atoms with E-state index in [1.807, 2.05) is 0 Å². The minimum atomic E-state index is -2.64. The molecule has 5 fully saturated rings. The highest BCUT2D eigenvalue weighted by Gasteiger charge is 3.11. The van der Waals surface area contributed by atoms with Gasteiger partial charge in [-0.2, -0.15) is 0 Å². The van der Waals surface area contributed by atoms with Crippen LogP contribution in [0.3, 0.4) is 0 Å². The van der Waals surface area contributed by atoms with Gasteiger partial charge in [0, 0.05) is 27.3 Å². The van der Waals surface area contributed by atoms with Crippen molar-refractivity contribution < 1.29 is 0 Å². The predicted molar refractivity (Wildman–Crippen MR) is 290 cm³/mol. The summed E-state index contributed by atoms with van der Waals surface area (Å²) < 4.78 is 0. The zero-order chi connectivity index (χ0) is 46.3. The molecule has 2 aliphatic carbocycles. The second kappa shape index (κ2) is 14.9. The Morgan fingerprint density at radius 1 is 0.322 bits per heavy atom. The van der Waals surface area contributed by atoms with Crippen molar-refractivity contribution >= 4 is 60.6 Å². The molecule has 5 aliphatic rings. The van der Waals surface area contributed by atoms with Gasteiger partial charge in [-0.15, -0.1) is 0 Å². The zero-order valence-electron chi connectivity index (χ0n) is 45.6. The fourth-order valence-electron chi connectivity index (χ4n) is 17.5. The van der Waals surface area contributed by atoms with Crippen molar-refractivity contribution in [3.05, 3.63) is 0 Å². The molecule has 2 bridgehead atoms. The highest BCUT2D eigenvalue weighted by molar-refractivity contribution is 8.50. The van der Waals surface area contributed by atoms with E-state index in [0.29, 0.717) is 12.1 Å². The van der Waals surface area contributed by atoms with Gasteiger partial charge in [0.2, 0.25) is 0 Å². The van der Waals surface area contributed by atoms with Crippen molar-refractivity contribution in [2.75, 3.05) is 0 Å². The number of nitrogens with zero attached hydrogens (tertiary/aromatic N) is 2. The molecular weight excluding hydrogens is 825 g/mol. The number of hydrogen-bond donors (Lipinski definition) is 0. The number of aliphatic imine (C=N–C) groups is 2. The summed E-state index contributed by atoms with van der Waals surface area (Å²) in [6, 6.07) is 1.07. The van der Waals surface area contributed by atoms with E-state index in [2.05, 4.69) is 202 Å². The van der Waals surface area contributed by atoms with E-state index < -0.39 is 50.7 Å². The van der Waals surface area contributed by atoms with E-state index in [0.717, 1.165) is 0 Å². The third kappa shape index (κ3) is 6.22. The van der Waals surface area contributed by atoms with Crippen molar-refractivity contribution in [2.24, 2.45) is 9.98 Å². The maximum absolute atomic E-state index is 6.90. The molecule has 344 valence electrons. The third-order valence-electron chi connectivity index (χ3n) is 21.3. The molecule has 9 heteroatoms. The van der Waals surface area contributed by atoms with Crippen molar-refractivity contribution in [1.82, 2.24) is 0 Å². The normalized spacial score (nSPS) is 26.7. The predicted octanol–water partition coefficient (Wildman–Crippen LogP) is 17.2. The van der Waals surface area contributed by atoms with Crippen molar-refractivity contribution in [2.45, 2.75) is 309 Å². The van der Waals surface area contributed by atoms with Gasteiger partial charge in [-0.25, -0.2) is 0 Å². The molecule has 0 atom stereocenters. The van der Waals surface area contributed by atoms with Crippen LogP contribution in [0.15, 0.2) is 9.98 Å². The van der Waals surface area contributed by atoms with Crippen molar-refractivity contribution in [3.8, 4) is 0 Å². The van der Waals surface area contributed by atoms with E-state index in [9.17, 15) is 0 Å². The molecule has 0 spiro atoms. The summed E-state index contributed by atoms with van der Waals surface area (Å²) in [6.45, 7) is 80.3. The lowest BCUT2D eigenvalue weighted by atomic mass is 9.96. The largest absolute Gasteiger partial charge is 0.300 e. The van der Waals surface area contributed by atoms with Crippen LogP contribution in [0.4, 0.5) is 0 Å². The maximum Gasteiger partial charge on any atom is 0.122 e. The van der Waals surface area contributed by atoms with Crippen molar-refractivity contribution in [3.63, 3.8) is 0 Å². The molecule has 3 aliphatic heterocycles. The summed E-state index contributed by atoms with van der Waals surface area (Å²) in [5.41, 5.74) is 0. The molecule has 0 aromatic rings. The molecule has 5 rings (SSSR count). The first-order valence-corrected chi connectivity index (χ1v) is 47.1. The molecule has 2 nitrogen and oxygen atoms in total. The molecule has 0 radical (unpaired) electrons. The number of rotatable bonds is 6. The van der Waals surface area contributed by atoms with E-state index >= 15 is 0 Å². The fraction of sp³-hybridized carbons (Fsp3) is 0.960. The molecular formula is C50H106N2Si7. The van der Waals surface area contributed by atoms with Crippen LogP contribution >= 0.6 is 0 Å². The van der Waals surface area contributed by atoms with Gasteiger partial charge in [0.05, 0.1) is 21.3 Å². The van der Waals surface area contributed by atoms with Gasteiger partial charge >= 0.3 is 0 Å². The van der Waals surface area contributed by atoms with Gasteiger partial charge in [0.1, 0.15) is 14.2 Å². The smallest absolute Gasteiger partial charge is 0.122 e. The van der Waals surface area contributed by atoms with Crippen LogP contribution < -0.4 is 0 Å². The lowest BCUT2D eigenvalue weighted by Gasteiger charge is -3.00. The lowest BCUT2D eigenvalue weighted by molar-refractivity contribution is 0.443. The van der Waals surface area contributed by atoms with E-state index in [1.165, 1.54) is 64.2 Å². The van der Waals surface area contributed by atoms with Crippen LogP contribution in [0.2, 0.25) is 66.5 Å². The third-order valence-corrected chi connectivity index (χ3v) is 192. The van der Waals surface area contributed by atoms with Crippen LogP contribution in [0.25, 0.3) is 0 Å². The highest BCUT2D eigenvalue weighted by atomic mass is 30.3. The van der Waals surface area contributed by atoms with Crippen LogP contribution in [-0.2, 0) is 0 Å². The first-order valence-electron chi connectivity index (χ1n) is 25.1. The SMILES string of the molecule is CC(C)(C)[Si](C)(C(C)(C)C)[Si]12C(=NC3CCCCC3)[Si]([Si](C)(C(C)(C)C)C(C)(C)C)(C1=NC1CCCCC1)[Si]2([Si](C)(C(C)(C)C)C(C)(C)C)[Si](C)(C(C)(C)C)C(C)(C)C. The summed E-state index contributed by atoms with van der Waals surface area (Å²) in [6.07, 6.45) is 11.2. The first-order chi connectivity index (χ1) is 25.9. The standard InChI is InChI=1S/C50H106N2Si7/c1-43(2,3)53(25,44(4,5)6)57-41(51-39-35-31-29-32-36-39)58(42(57)52-40-37-33-30-34-38-40,54(26,45(7,8)9)46(10,11)12)59(57,55(27,47(13,14)15)48(16,17)18)56(28,49(19,20)21)50(22,23)24/h39-40H,29-38H2,1-28H3. The quantitative estimate of drug-likeness (QED) is 0.237. The Labute approximate surface area is 377 Å². The van der Waals surface area contributed by atoms with Crippen LogP contribution in [0.5, 0.6) is 0 Å². The average molecular weight is 932 g/mol. The number of hydrogen-bond acceptors (Lipinski definition) is 2. The van der Waals surface area contributed by atoms with Crippen LogP contribution in [0, 0.1) is 0 Å². The molecule has 0 amide bonds. The lowest BCUT2D eigenvalue weighted by Crippen LogP contribution is -3.33. The Bertz CT molecular complexity index is 1430. The van der Waals surface area contributed by atoms with Gasteiger partial charge in [-0.1, -0.05) is 231 Å². The average Bonchev–Trinajstić information content (AvgIpc) is 3.01. The van der Waals surface area contributed by atoms with E-state index in [1.54, 1.807) is 0 Å². The maximum atomic E-state index is 6.90. The molecule has 59 heavy (non-hydrogen) atoms. The molecule has 0 aromatic carbocycles. The minimum absolute atomic E-state index is 0.231. The molecule has 0 N–H and O–H groups in total. The summed E-state index contributed by atoms with van der Waals surface area (Å²) >= 11 is 0. The Kier molecular flexibility index (Phi) is 13.3. The van der Waals surface area contributed by atoms with Gasteiger partial charge < -0.3 is 9.98 Å². The second-order valence-electron chi connectivity index (χ2n) is 30.3. The van der Waals surface area contributed by atoms with Gasteiger partial charge in [0.15, 0.2) is 0 Å². The summed E-state index contributed by atoms with van der Waals surface area (Å²) in [5, 5.41) is 1.99. The fourth-order valence-corrected chi connectivity index (χ4v) is 349. The molecule has 3 saturated heterocycles. The first kappa shape index (κ1) is 52.5. The summed E-state index contributed by atoms with van der Waals surface area (Å²) in [5.74, 6) is 0. The topological polar surface area (TPSA) is 24.7 Å². The Balaban J connectivity index is 2.76. The Morgan fingerprint density at radius 3 is 0.678 bits per heavy atom.